The normalized spacial score (nSPS) is 11.1. The van der Waals surface area contributed by atoms with Gasteiger partial charge in [-0.15, -0.1) is 11.3 Å². The van der Waals surface area contributed by atoms with E-state index in [-0.39, 0.29) is 0 Å². The SMILES string of the molecule is Cn1cncc1-c1nc(Cl)c2ccsc2n1. The molecule has 3 heterocycles. The molecule has 0 bridgehead atoms. The van der Waals surface area contributed by atoms with Gasteiger partial charge < -0.3 is 4.57 Å². The van der Waals surface area contributed by atoms with Crippen LogP contribution in [0.2, 0.25) is 5.15 Å². The zero-order chi connectivity index (χ0) is 11.1. The number of imidazole rings is 1. The molecule has 0 saturated carbocycles. The third kappa shape index (κ3) is 1.40. The van der Waals surface area contributed by atoms with Crippen LogP contribution in [-0.4, -0.2) is 19.5 Å². The maximum atomic E-state index is 6.10. The second-order valence-corrected chi connectivity index (χ2v) is 4.62. The van der Waals surface area contributed by atoms with Gasteiger partial charge >= 0.3 is 0 Å². The van der Waals surface area contributed by atoms with E-state index in [0.717, 1.165) is 15.9 Å². The number of hydrogen-bond donors (Lipinski definition) is 0. The van der Waals surface area contributed by atoms with E-state index in [4.69, 9.17) is 11.6 Å². The van der Waals surface area contributed by atoms with E-state index in [1.54, 1.807) is 23.9 Å². The fraction of sp³-hybridized carbons (Fsp3) is 0.100. The molecule has 0 aliphatic heterocycles. The van der Waals surface area contributed by atoms with Gasteiger partial charge in [0.1, 0.15) is 15.7 Å². The molecule has 3 aromatic rings. The number of rotatable bonds is 1. The molecule has 3 aromatic heterocycles. The quantitative estimate of drug-likeness (QED) is 0.624. The minimum atomic E-state index is 0.488. The summed E-state index contributed by atoms with van der Waals surface area (Å²) in [5, 5.41) is 3.35. The standard InChI is InChI=1S/C10H7ClN4S/c1-15-5-12-4-7(15)9-13-8(11)6-2-3-16-10(6)14-9/h2-5H,1H3. The van der Waals surface area contributed by atoms with Gasteiger partial charge in [-0.2, -0.15) is 0 Å². The van der Waals surface area contributed by atoms with Crippen molar-refractivity contribution in [2.75, 3.05) is 0 Å². The van der Waals surface area contributed by atoms with Crippen molar-refractivity contribution >= 4 is 33.2 Å². The smallest absolute Gasteiger partial charge is 0.180 e. The highest BCUT2D eigenvalue weighted by atomic mass is 35.5. The van der Waals surface area contributed by atoms with Crippen molar-refractivity contribution in [1.82, 2.24) is 19.5 Å². The number of hydrogen-bond acceptors (Lipinski definition) is 4. The van der Waals surface area contributed by atoms with E-state index in [2.05, 4.69) is 15.0 Å². The Morgan fingerprint density at radius 1 is 1.38 bits per heavy atom. The third-order valence-electron chi connectivity index (χ3n) is 2.32. The van der Waals surface area contributed by atoms with Gasteiger partial charge in [-0.25, -0.2) is 15.0 Å². The van der Waals surface area contributed by atoms with Crippen molar-refractivity contribution in [1.29, 1.82) is 0 Å². The number of aryl methyl sites for hydroxylation is 1. The molecule has 0 aliphatic rings. The molecule has 0 fully saturated rings. The summed E-state index contributed by atoms with van der Waals surface area (Å²) in [6.45, 7) is 0. The summed E-state index contributed by atoms with van der Waals surface area (Å²) < 4.78 is 1.87. The lowest BCUT2D eigenvalue weighted by molar-refractivity contribution is 0.910. The van der Waals surface area contributed by atoms with Gasteiger partial charge in [-0.3, -0.25) is 0 Å². The first-order chi connectivity index (χ1) is 7.75. The van der Waals surface area contributed by atoms with Crippen LogP contribution in [-0.2, 0) is 7.05 Å². The number of aromatic nitrogens is 4. The second kappa shape index (κ2) is 3.54. The highest BCUT2D eigenvalue weighted by Gasteiger charge is 2.10. The van der Waals surface area contributed by atoms with E-state index in [0.29, 0.717) is 11.0 Å². The van der Waals surface area contributed by atoms with Gasteiger partial charge in [0.05, 0.1) is 12.5 Å². The third-order valence-corrected chi connectivity index (χ3v) is 3.42. The maximum Gasteiger partial charge on any atom is 0.180 e. The summed E-state index contributed by atoms with van der Waals surface area (Å²) in [6.07, 6.45) is 3.44. The molecule has 0 atom stereocenters. The molecule has 0 N–H and O–H groups in total. The highest BCUT2D eigenvalue weighted by molar-refractivity contribution is 7.16. The van der Waals surface area contributed by atoms with Crippen molar-refractivity contribution < 1.29 is 0 Å². The lowest BCUT2D eigenvalue weighted by atomic mass is 10.4. The number of halogens is 1. The second-order valence-electron chi connectivity index (χ2n) is 3.37. The molecule has 0 aromatic carbocycles. The van der Waals surface area contributed by atoms with E-state index in [1.807, 2.05) is 23.1 Å². The number of thiophene rings is 1. The van der Waals surface area contributed by atoms with Crippen LogP contribution in [0.15, 0.2) is 24.0 Å². The Hall–Kier alpha value is -1.46. The zero-order valence-electron chi connectivity index (χ0n) is 8.38. The molecular formula is C10H7ClN4S. The summed E-state index contributed by atoms with van der Waals surface area (Å²) in [5.74, 6) is 0.611. The van der Waals surface area contributed by atoms with Crippen molar-refractivity contribution in [2.24, 2.45) is 7.05 Å². The van der Waals surface area contributed by atoms with Crippen LogP contribution in [0.4, 0.5) is 0 Å². The summed E-state index contributed by atoms with van der Waals surface area (Å²) in [6, 6.07) is 1.93. The monoisotopic (exact) mass is 250 g/mol. The Kier molecular flexibility index (Phi) is 2.15. The highest BCUT2D eigenvalue weighted by Crippen LogP contribution is 2.27. The van der Waals surface area contributed by atoms with Gasteiger partial charge in [0.15, 0.2) is 5.82 Å². The molecule has 0 amide bonds. The molecule has 16 heavy (non-hydrogen) atoms. The van der Waals surface area contributed by atoms with Gasteiger partial charge in [-0.05, 0) is 11.4 Å². The minimum absolute atomic E-state index is 0.488. The molecule has 0 aliphatic carbocycles. The fourth-order valence-electron chi connectivity index (χ4n) is 1.51. The molecule has 0 radical (unpaired) electrons. The first-order valence-corrected chi connectivity index (χ1v) is 5.89. The Balaban J connectivity index is 2.29. The summed E-state index contributed by atoms with van der Waals surface area (Å²) in [7, 11) is 1.90. The first kappa shape index (κ1) is 9.74. The number of nitrogens with zero attached hydrogens (tertiary/aromatic N) is 4. The zero-order valence-corrected chi connectivity index (χ0v) is 9.96. The molecular weight excluding hydrogens is 244 g/mol. The Bertz CT molecular complexity index is 658. The van der Waals surface area contributed by atoms with Crippen LogP contribution >= 0.6 is 22.9 Å². The van der Waals surface area contributed by atoms with Gasteiger partial charge in [0.2, 0.25) is 0 Å². The largest absolute Gasteiger partial charge is 0.331 e. The van der Waals surface area contributed by atoms with E-state index < -0.39 is 0 Å². The van der Waals surface area contributed by atoms with Crippen LogP contribution in [0.1, 0.15) is 0 Å². The van der Waals surface area contributed by atoms with Crippen LogP contribution in [0, 0.1) is 0 Å². The Morgan fingerprint density at radius 2 is 2.25 bits per heavy atom. The predicted molar refractivity (Wildman–Crippen MR) is 64.6 cm³/mol. The average molecular weight is 251 g/mol. The Labute approximate surface area is 101 Å². The molecule has 4 nitrogen and oxygen atoms in total. The van der Waals surface area contributed by atoms with E-state index in [9.17, 15) is 0 Å². The van der Waals surface area contributed by atoms with Gasteiger partial charge in [0.25, 0.3) is 0 Å². The first-order valence-electron chi connectivity index (χ1n) is 4.63. The maximum absolute atomic E-state index is 6.10. The van der Waals surface area contributed by atoms with Crippen molar-refractivity contribution in [3.63, 3.8) is 0 Å². The van der Waals surface area contributed by atoms with Crippen LogP contribution < -0.4 is 0 Å². The van der Waals surface area contributed by atoms with E-state index >= 15 is 0 Å². The summed E-state index contributed by atoms with van der Waals surface area (Å²) in [4.78, 5) is 13.7. The lowest BCUT2D eigenvalue weighted by Gasteiger charge is -2.01. The Morgan fingerprint density at radius 3 is 3.00 bits per heavy atom. The van der Waals surface area contributed by atoms with Crippen LogP contribution in [0.5, 0.6) is 0 Å². The number of fused-ring (bicyclic) bond motifs is 1. The summed E-state index contributed by atoms with van der Waals surface area (Å²) >= 11 is 7.65. The molecule has 80 valence electrons. The molecule has 0 spiro atoms. The van der Waals surface area contributed by atoms with Crippen molar-refractivity contribution in [3.8, 4) is 11.5 Å². The predicted octanol–water partition coefficient (Wildman–Crippen LogP) is 2.75. The summed E-state index contributed by atoms with van der Waals surface area (Å²) in [5.41, 5.74) is 0.859. The molecule has 6 heteroatoms. The van der Waals surface area contributed by atoms with E-state index in [1.165, 1.54) is 0 Å². The molecule has 3 rings (SSSR count). The molecule has 0 unspecified atom stereocenters. The lowest BCUT2D eigenvalue weighted by Crippen LogP contribution is -1.95. The fourth-order valence-corrected chi connectivity index (χ4v) is 2.56. The van der Waals surface area contributed by atoms with Gasteiger partial charge in [-0.1, -0.05) is 11.6 Å². The topological polar surface area (TPSA) is 43.6 Å². The van der Waals surface area contributed by atoms with Crippen molar-refractivity contribution in [2.45, 2.75) is 0 Å². The van der Waals surface area contributed by atoms with Crippen LogP contribution in [0.25, 0.3) is 21.7 Å². The van der Waals surface area contributed by atoms with Crippen molar-refractivity contribution in [3.05, 3.63) is 29.1 Å². The van der Waals surface area contributed by atoms with Crippen LogP contribution in [0.3, 0.4) is 0 Å². The average Bonchev–Trinajstić information content (AvgIpc) is 2.85. The minimum Gasteiger partial charge on any atom is -0.331 e. The molecule has 0 saturated heterocycles. The van der Waals surface area contributed by atoms with Gasteiger partial charge in [0, 0.05) is 12.4 Å².